The van der Waals surface area contributed by atoms with Crippen LogP contribution in [0.3, 0.4) is 0 Å². The van der Waals surface area contributed by atoms with Crippen molar-refractivity contribution in [3.05, 3.63) is 83.4 Å². The Morgan fingerprint density at radius 2 is 1.29 bits per heavy atom. The molecule has 6 rings (SSSR count). The van der Waals surface area contributed by atoms with Gasteiger partial charge in [0.2, 0.25) is 10.0 Å². The number of sulfonamides is 1. The number of sulfone groups is 1. The minimum absolute atomic E-state index is 0.0876. The van der Waals surface area contributed by atoms with E-state index in [4.69, 9.17) is 0 Å². The van der Waals surface area contributed by atoms with E-state index in [-0.39, 0.29) is 27.0 Å². The third kappa shape index (κ3) is 5.14. The molecule has 1 atom stereocenters. The molecule has 0 N–H and O–H groups in total. The molecule has 1 aliphatic heterocycles. The molecule has 1 saturated carbocycles. The normalized spacial score (nSPS) is 20.7. The first-order chi connectivity index (χ1) is 19.9. The summed E-state index contributed by atoms with van der Waals surface area (Å²) in [5.41, 5.74) is 3.25. The number of nitrogens with zero attached hydrogens (tertiary/aromatic N) is 2. The van der Waals surface area contributed by atoms with Gasteiger partial charge in [-0.1, -0.05) is 56.3 Å². The zero-order valence-electron chi connectivity index (χ0n) is 24.4. The van der Waals surface area contributed by atoms with Crippen LogP contribution >= 0.6 is 0 Å². The highest BCUT2D eigenvalue weighted by molar-refractivity contribution is 7.92. The molecule has 0 bridgehead atoms. The first kappa shape index (κ1) is 29.2. The highest BCUT2D eigenvalue weighted by atomic mass is 32.2. The second-order valence-electron chi connectivity index (χ2n) is 12.7. The average Bonchev–Trinajstić information content (AvgIpc) is 3.27. The molecule has 1 saturated heterocycles. The van der Waals surface area contributed by atoms with Crippen molar-refractivity contribution in [2.45, 2.75) is 67.5 Å². The van der Waals surface area contributed by atoms with E-state index in [0.29, 0.717) is 61.3 Å². The molecule has 7 nitrogen and oxygen atoms in total. The Balaban J connectivity index is 1.20. The van der Waals surface area contributed by atoms with Crippen LogP contribution in [0, 0.1) is 5.41 Å². The summed E-state index contributed by atoms with van der Waals surface area (Å²) in [6, 6.07) is 19.8. The van der Waals surface area contributed by atoms with Crippen molar-refractivity contribution in [1.82, 2.24) is 9.21 Å². The summed E-state index contributed by atoms with van der Waals surface area (Å²) in [7, 11) is -7.38. The third-order valence-corrected chi connectivity index (χ3v) is 13.7. The van der Waals surface area contributed by atoms with Crippen LogP contribution in [0.2, 0.25) is 0 Å². The van der Waals surface area contributed by atoms with Crippen LogP contribution < -0.4 is 0 Å². The SMILES string of the molecule is CC(c1ccccc1)N1CCN(S(=O)(=O)c2ccc3c(c2)C(=O)c2cc(S(=O)(=O)C4CCC(C)(C)CC4)ccc2-3)CC1. The Bertz CT molecular complexity index is 1730. The quantitative estimate of drug-likeness (QED) is 0.279. The largest absolute Gasteiger partial charge is 0.294 e. The summed E-state index contributed by atoms with van der Waals surface area (Å²) in [6.45, 7) is 8.43. The van der Waals surface area contributed by atoms with Crippen LogP contribution in [0.5, 0.6) is 0 Å². The zero-order valence-corrected chi connectivity index (χ0v) is 26.0. The van der Waals surface area contributed by atoms with Gasteiger partial charge in [0.15, 0.2) is 15.6 Å². The predicted octanol–water partition coefficient (Wildman–Crippen LogP) is 5.71. The van der Waals surface area contributed by atoms with Gasteiger partial charge in [0.05, 0.1) is 15.0 Å². The van der Waals surface area contributed by atoms with E-state index in [0.717, 1.165) is 12.8 Å². The maximum Gasteiger partial charge on any atom is 0.243 e. The van der Waals surface area contributed by atoms with Crippen molar-refractivity contribution < 1.29 is 21.6 Å². The molecular formula is C33H38N2O5S2. The standard InChI is InChI=1S/C33H38N2O5S2/c1-23(24-7-5-4-6-8-24)34-17-19-35(20-18-34)42(39,40)27-10-12-29-28-11-9-26(21-30(28)32(36)31(29)22-27)41(37,38)25-13-15-33(2,3)16-14-25/h4-12,21-23,25H,13-20H2,1-3H3. The van der Waals surface area contributed by atoms with Gasteiger partial charge in [0.1, 0.15) is 0 Å². The summed E-state index contributed by atoms with van der Waals surface area (Å²) in [4.78, 5) is 16.1. The molecule has 1 heterocycles. The van der Waals surface area contributed by atoms with Gasteiger partial charge in [-0.25, -0.2) is 16.8 Å². The number of ketones is 1. The number of fused-ring (bicyclic) bond motifs is 3. The maximum atomic E-state index is 13.6. The lowest BCUT2D eigenvalue weighted by Crippen LogP contribution is -2.49. The molecule has 2 aliphatic carbocycles. The van der Waals surface area contributed by atoms with Gasteiger partial charge in [-0.3, -0.25) is 9.69 Å². The monoisotopic (exact) mass is 606 g/mol. The van der Waals surface area contributed by atoms with E-state index in [9.17, 15) is 21.6 Å². The zero-order chi connectivity index (χ0) is 29.9. The van der Waals surface area contributed by atoms with Crippen LogP contribution in [-0.2, 0) is 19.9 Å². The fourth-order valence-electron chi connectivity index (χ4n) is 6.67. The summed E-state index contributed by atoms with van der Waals surface area (Å²) >= 11 is 0. The number of carbonyl (C=O) groups is 1. The number of hydrogen-bond acceptors (Lipinski definition) is 6. The molecular weight excluding hydrogens is 569 g/mol. The molecule has 0 amide bonds. The van der Waals surface area contributed by atoms with Gasteiger partial charge < -0.3 is 0 Å². The van der Waals surface area contributed by atoms with Crippen LogP contribution in [-0.4, -0.2) is 63.3 Å². The minimum atomic E-state index is -3.81. The van der Waals surface area contributed by atoms with Crippen molar-refractivity contribution in [3.8, 4) is 11.1 Å². The van der Waals surface area contributed by atoms with Gasteiger partial charge in [0, 0.05) is 43.3 Å². The highest BCUT2D eigenvalue weighted by Crippen LogP contribution is 2.42. The predicted molar refractivity (Wildman–Crippen MR) is 164 cm³/mol. The Kier molecular flexibility index (Phi) is 7.45. The van der Waals surface area contributed by atoms with Crippen molar-refractivity contribution >= 4 is 25.6 Å². The summed E-state index contributed by atoms with van der Waals surface area (Å²) in [5.74, 6) is -0.333. The van der Waals surface area contributed by atoms with Crippen molar-refractivity contribution in [2.75, 3.05) is 26.2 Å². The number of piperazine rings is 1. The lowest BCUT2D eigenvalue weighted by Gasteiger charge is -2.37. The van der Waals surface area contributed by atoms with E-state index in [1.165, 1.54) is 22.0 Å². The number of carbonyl (C=O) groups excluding carboxylic acids is 1. The molecule has 3 aromatic rings. The second kappa shape index (κ2) is 10.7. The van der Waals surface area contributed by atoms with E-state index >= 15 is 0 Å². The lowest BCUT2D eigenvalue weighted by molar-refractivity contribution is 0.104. The molecule has 9 heteroatoms. The van der Waals surface area contributed by atoms with Crippen LogP contribution in [0.1, 0.15) is 74.0 Å². The third-order valence-electron chi connectivity index (χ3n) is 9.56. The Hall–Kier alpha value is -2.85. The van der Waals surface area contributed by atoms with Gasteiger partial charge in [-0.15, -0.1) is 0 Å². The van der Waals surface area contributed by atoms with E-state index in [1.54, 1.807) is 24.3 Å². The highest BCUT2D eigenvalue weighted by Gasteiger charge is 2.37. The molecule has 2 fully saturated rings. The number of rotatable bonds is 6. The fraction of sp³-hybridized carbons (Fsp3) is 0.424. The molecule has 1 unspecified atom stereocenters. The van der Waals surface area contributed by atoms with Gasteiger partial charge in [-0.05, 0) is 79.0 Å². The molecule has 0 aromatic heterocycles. The van der Waals surface area contributed by atoms with Gasteiger partial charge in [0.25, 0.3) is 0 Å². The van der Waals surface area contributed by atoms with E-state index in [1.807, 2.05) is 18.2 Å². The Morgan fingerprint density at radius 1 is 0.738 bits per heavy atom. The average molecular weight is 607 g/mol. The molecule has 0 spiro atoms. The molecule has 3 aromatic carbocycles. The molecule has 42 heavy (non-hydrogen) atoms. The van der Waals surface area contributed by atoms with Crippen molar-refractivity contribution in [2.24, 2.45) is 5.41 Å². The smallest absolute Gasteiger partial charge is 0.243 e. The molecule has 3 aliphatic rings. The van der Waals surface area contributed by atoms with E-state index < -0.39 is 25.1 Å². The van der Waals surface area contributed by atoms with Gasteiger partial charge in [-0.2, -0.15) is 4.31 Å². The second-order valence-corrected chi connectivity index (χ2v) is 16.8. The summed E-state index contributed by atoms with van der Waals surface area (Å²) < 4.78 is 55.7. The topological polar surface area (TPSA) is 91.8 Å². The fourth-order valence-corrected chi connectivity index (χ4v) is 9.90. The van der Waals surface area contributed by atoms with Crippen LogP contribution in [0.25, 0.3) is 11.1 Å². The number of benzene rings is 3. The van der Waals surface area contributed by atoms with Crippen molar-refractivity contribution in [1.29, 1.82) is 0 Å². The number of hydrogen-bond donors (Lipinski definition) is 0. The first-order valence-electron chi connectivity index (χ1n) is 14.7. The molecule has 0 radical (unpaired) electrons. The lowest BCUT2D eigenvalue weighted by atomic mass is 9.77. The van der Waals surface area contributed by atoms with E-state index in [2.05, 4.69) is 37.8 Å². The first-order valence-corrected chi connectivity index (χ1v) is 17.7. The summed E-state index contributed by atoms with van der Waals surface area (Å²) in [5, 5.41) is -0.449. The molecule has 222 valence electrons. The Labute approximate surface area is 249 Å². The summed E-state index contributed by atoms with van der Waals surface area (Å²) in [6.07, 6.45) is 2.93. The van der Waals surface area contributed by atoms with Crippen LogP contribution in [0.4, 0.5) is 0 Å². The maximum absolute atomic E-state index is 13.6. The van der Waals surface area contributed by atoms with Crippen LogP contribution in [0.15, 0.2) is 76.5 Å². The Morgan fingerprint density at radius 3 is 1.88 bits per heavy atom. The van der Waals surface area contributed by atoms with Gasteiger partial charge >= 0.3 is 0 Å². The minimum Gasteiger partial charge on any atom is -0.294 e. The van der Waals surface area contributed by atoms with Crippen molar-refractivity contribution in [3.63, 3.8) is 0 Å².